The maximum absolute atomic E-state index is 11.9. The molecule has 1 atom stereocenters. The summed E-state index contributed by atoms with van der Waals surface area (Å²) in [7, 11) is -1.09. The van der Waals surface area contributed by atoms with Crippen LogP contribution >= 0.6 is 0 Å². The molecule has 0 amide bonds. The minimum atomic E-state index is -3.22. The molecular formula is C12H27N3O2S. The second-order valence-electron chi connectivity index (χ2n) is 5.24. The van der Waals surface area contributed by atoms with Gasteiger partial charge in [0.05, 0.1) is 5.25 Å². The molecule has 1 aliphatic heterocycles. The third kappa shape index (κ3) is 4.84. The molecule has 1 heterocycles. The maximum Gasteiger partial charge on any atom is 0.215 e. The van der Waals surface area contributed by atoms with E-state index in [9.17, 15) is 8.42 Å². The van der Waals surface area contributed by atoms with E-state index in [1.165, 1.54) is 12.8 Å². The average Bonchev–Trinajstić information content (AvgIpc) is 2.32. The number of hydrogen-bond acceptors (Lipinski definition) is 4. The van der Waals surface area contributed by atoms with Crippen molar-refractivity contribution in [1.82, 2.24) is 9.62 Å². The highest BCUT2D eigenvalue weighted by Gasteiger charge is 2.22. The number of nitrogens with one attached hydrogen (secondary N) is 1. The first-order valence-electron chi connectivity index (χ1n) is 6.86. The summed E-state index contributed by atoms with van der Waals surface area (Å²) in [6.07, 6.45) is 3.85. The van der Waals surface area contributed by atoms with E-state index < -0.39 is 15.3 Å². The molecule has 0 aromatic carbocycles. The largest absolute Gasteiger partial charge is 0.329 e. The van der Waals surface area contributed by atoms with Gasteiger partial charge >= 0.3 is 0 Å². The summed E-state index contributed by atoms with van der Waals surface area (Å²) in [6.45, 7) is 4.84. The predicted octanol–water partition coefficient (Wildman–Crippen LogP) is 0.375. The summed E-state index contributed by atoms with van der Waals surface area (Å²) in [6, 6.07) is 0. The molecule has 0 radical (unpaired) electrons. The standard InChI is InChI=1S/C12H27N3O2S/c1-3-12(10-13)18(16,17)14-7-4-11-5-8-15(2)9-6-11/h11-12,14H,3-10,13H2,1-2H3. The number of piperidine rings is 1. The molecular weight excluding hydrogens is 250 g/mol. The van der Waals surface area contributed by atoms with Crippen molar-refractivity contribution in [2.45, 2.75) is 37.9 Å². The Kier molecular flexibility index (Phi) is 6.55. The highest BCUT2D eigenvalue weighted by molar-refractivity contribution is 7.90. The molecule has 1 saturated heterocycles. The van der Waals surface area contributed by atoms with Crippen LogP contribution in [0.4, 0.5) is 0 Å². The molecule has 0 aliphatic carbocycles. The van der Waals surface area contributed by atoms with Crippen LogP contribution < -0.4 is 10.5 Å². The molecule has 1 fully saturated rings. The molecule has 3 N–H and O–H groups in total. The summed E-state index contributed by atoms with van der Waals surface area (Å²) < 4.78 is 26.5. The van der Waals surface area contributed by atoms with Gasteiger partial charge < -0.3 is 10.6 Å². The fourth-order valence-electron chi connectivity index (χ4n) is 2.39. The average molecular weight is 277 g/mol. The third-order valence-corrected chi connectivity index (χ3v) is 5.86. The van der Waals surface area contributed by atoms with Crippen molar-refractivity contribution < 1.29 is 8.42 Å². The van der Waals surface area contributed by atoms with Crippen LogP contribution in [0.3, 0.4) is 0 Å². The van der Waals surface area contributed by atoms with Gasteiger partial charge in [0.25, 0.3) is 0 Å². The van der Waals surface area contributed by atoms with Crippen molar-refractivity contribution in [2.75, 3.05) is 33.2 Å². The van der Waals surface area contributed by atoms with Gasteiger partial charge in [0.2, 0.25) is 10.0 Å². The van der Waals surface area contributed by atoms with Crippen LogP contribution in [-0.4, -0.2) is 51.8 Å². The minimum absolute atomic E-state index is 0.195. The third-order valence-electron chi connectivity index (χ3n) is 3.85. The first kappa shape index (κ1) is 15.9. The summed E-state index contributed by atoms with van der Waals surface area (Å²) in [4.78, 5) is 2.32. The fraction of sp³-hybridized carbons (Fsp3) is 1.00. The Labute approximate surface area is 111 Å². The fourth-order valence-corrected chi connectivity index (χ4v) is 3.72. The first-order valence-corrected chi connectivity index (χ1v) is 8.41. The predicted molar refractivity (Wildman–Crippen MR) is 74.9 cm³/mol. The van der Waals surface area contributed by atoms with Crippen molar-refractivity contribution >= 4 is 10.0 Å². The van der Waals surface area contributed by atoms with Crippen molar-refractivity contribution in [3.05, 3.63) is 0 Å². The van der Waals surface area contributed by atoms with Gasteiger partial charge in [-0.05, 0) is 51.7 Å². The number of hydrogen-bond donors (Lipinski definition) is 2. The molecule has 108 valence electrons. The van der Waals surface area contributed by atoms with Gasteiger partial charge in [0.1, 0.15) is 0 Å². The molecule has 18 heavy (non-hydrogen) atoms. The van der Waals surface area contributed by atoms with E-state index in [4.69, 9.17) is 5.73 Å². The lowest BCUT2D eigenvalue weighted by molar-refractivity contribution is 0.213. The molecule has 0 bridgehead atoms. The van der Waals surface area contributed by atoms with E-state index in [-0.39, 0.29) is 6.54 Å². The normalized spacial score (nSPS) is 21.1. The first-order chi connectivity index (χ1) is 8.49. The Hall–Kier alpha value is -0.170. The van der Waals surface area contributed by atoms with Crippen LogP contribution in [0, 0.1) is 5.92 Å². The number of nitrogens with two attached hydrogens (primary N) is 1. The molecule has 0 aromatic heterocycles. The van der Waals surface area contributed by atoms with Crippen molar-refractivity contribution in [2.24, 2.45) is 11.7 Å². The van der Waals surface area contributed by atoms with E-state index >= 15 is 0 Å². The molecule has 1 aliphatic rings. The van der Waals surface area contributed by atoms with E-state index in [2.05, 4.69) is 16.7 Å². The Balaban J connectivity index is 2.28. The highest BCUT2D eigenvalue weighted by Crippen LogP contribution is 2.18. The molecule has 1 unspecified atom stereocenters. The highest BCUT2D eigenvalue weighted by atomic mass is 32.2. The van der Waals surface area contributed by atoms with Gasteiger partial charge in [0.15, 0.2) is 0 Å². The van der Waals surface area contributed by atoms with Crippen LogP contribution in [0.5, 0.6) is 0 Å². The zero-order valence-corrected chi connectivity index (χ0v) is 12.4. The number of nitrogens with zero attached hydrogens (tertiary/aromatic N) is 1. The Morgan fingerprint density at radius 3 is 2.50 bits per heavy atom. The van der Waals surface area contributed by atoms with Crippen LogP contribution in [0.2, 0.25) is 0 Å². The van der Waals surface area contributed by atoms with E-state index in [1.54, 1.807) is 0 Å². The molecule has 0 spiro atoms. The van der Waals surface area contributed by atoms with Crippen molar-refractivity contribution in [3.8, 4) is 0 Å². The van der Waals surface area contributed by atoms with E-state index in [0.717, 1.165) is 19.5 Å². The molecule has 5 nitrogen and oxygen atoms in total. The lowest BCUT2D eigenvalue weighted by atomic mass is 9.94. The monoisotopic (exact) mass is 277 g/mol. The Bertz CT molecular complexity index is 320. The van der Waals surface area contributed by atoms with E-state index in [1.807, 2.05) is 6.92 Å². The summed E-state index contributed by atoms with van der Waals surface area (Å²) in [5.41, 5.74) is 5.47. The maximum atomic E-state index is 11.9. The van der Waals surface area contributed by atoms with Crippen LogP contribution in [0.25, 0.3) is 0 Å². The summed E-state index contributed by atoms with van der Waals surface area (Å²) >= 11 is 0. The lowest BCUT2D eigenvalue weighted by Gasteiger charge is -2.29. The minimum Gasteiger partial charge on any atom is -0.329 e. The Morgan fingerprint density at radius 2 is 2.00 bits per heavy atom. The second-order valence-corrected chi connectivity index (χ2v) is 7.29. The summed E-state index contributed by atoms with van der Waals surface area (Å²) in [5.74, 6) is 0.654. The zero-order valence-electron chi connectivity index (χ0n) is 11.6. The van der Waals surface area contributed by atoms with Crippen LogP contribution in [0.15, 0.2) is 0 Å². The van der Waals surface area contributed by atoms with Gasteiger partial charge in [-0.1, -0.05) is 6.92 Å². The van der Waals surface area contributed by atoms with E-state index in [0.29, 0.717) is 18.9 Å². The topological polar surface area (TPSA) is 75.4 Å². The quantitative estimate of drug-likeness (QED) is 0.705. The molecule has 6 heteroatoms. The van der Waals surface area contributed by atoms with Crippen LogP contribution in [-0.2, 0) is 10.0 Å². The lowest BCUT2D eigenvalue weighted by Crippen LogP contribution is -2.40. The van der Waals surface area contributed by atoms with Gasteiger partial charge in [-0.25, -0.2) is 13.1 Å². The number of likely N-dealkylation sites (tertiary alicyclic amines) is 1. The van der Waals surface area contributed by atoms with Gasteiger partial charge in [-0.15, -0.1) is 0 Å². The summed E-state index contributed by atoms with van der Waals surface area (Å²) in [5, 5.41) is -0.449. The van der Waals surface area contributed by atoms with Gasteiger partial charge in [-0.3, -0.25) is 0 Å². The zero-order chi connectivity index (χ0) is 13.6. The van der Waals surface area contributed by atoms with Gasteiger partial charge in [-0.2, -0.15) is 0 Å². The van der Waals surface area contributed by atoms with Gasteiger partial charge in [0, 0.05) is 13.1 Å². The van der Waals surface area contributed by atoms with Crippen molar-refractivity contribution in [3.63, 3.8) is 0 Å². The van der Waals surface area contributed by atoms with Crippen LogP contribution in [0.1, 0.15) is 32.6 Å². The molecule has 1 rings (SSSR count). The molecule has 0 saturated carbocycles. The Morgan fingerprint density at radius 1 is 1.39 bits per heavy atom. The SMILES string of the molecule is CCC(CN)S(=O)(=O)NCCC1CCN(C)CC1. The number of rotatable bonds is 7. The number of sulfonamides is 1. The smallest absolute Gasteiger partial charge is 0.215 e. The van der Waals surface area contributed by atoms with Crippen molar-refractivity contribution in [1.29, 1.82) is 0 Å². The second kappa shape index (κ2) is 7.43. The molecule has 0 aromatic rings.